The number of methoxy groups -OCH3 is 1. The Hall–Kier alpha value is -1.50. The van der Waals surface area contributed by atoms with Crippen LogP contribution in [0.25, 0.3) is 0 Å². The average Bonchev–Trinajstić information content (AvgIpc) is 3.02. The summed E-state index contributed by atoms with van der Waals surface area (Å²) in [6, 6.07) is 0. The highest BCUT2D eigenvalue weighted by Crippen LogP contribution is 2.71. The van der Waals surface area contributed by atoms with E-state index in [0.29, 0.717) is 44.1 Å². The maximum absolute atomic E-state index is 13.8. The Labute approximate surface area is 222 Å². The molecule has 8 unspecified atom stereocenters. The van der Waals surface area contributed by atoms with Gasteiger partial charge in [-0.25, -0.2) is 4.79 Å². The lowest BCUT2D eigenvalue weighted by atomic mass is 9.41. The molecule has 3 saturated carbocycles. The maximum Gasteiger partial charge on any atom is 0.333 e. The molecule has 3 N–H and O–H groups in total. The molecule has 6 nitrogen and oxygen atoms in total. The second-order valence-corrected chi connectivity index (χ2v) is 14.0. The molecule has 4 rings (SSSR count). The number of Topliss-reactive ketones (excluding diaryl/α,β-unsaturated/α-hetero) is 1. The number of aliphatic hydroxyl groups is 3. The molecule has 0 spiro atoms. The van der Waals surface area contributed by atoms with Gasteiger partial charge in [0.1, 0.15) is 0 Å². The Kier molecular flexibility index (Phi) is 6.95. The Bertz CT molecular complexity index is 1040. The van der Waals surface area contributed by atoms with Crippen molar-refractivity contribution in [1.82, 2.24) is 0 Å². The van der Waals surface area contributed by atoms with Gasteiger partial charge in [0.25, 0.3) is 0 Å². The second kappa shape index (κ2) is 9.02. The van der Waals surface area contributed by atoms with E-state index in [0.717, 1.165) is 24.0 Å². The first-order valence-corrected chi connectivity index (χ1v) is 14.1. The molecule has 4 aliphatic carbocycles. The van der Waals surface area contributed by atoms with E-state index in [4.69, 9.17) is 4.74 Å². The first-order chi connectivity index (χ1) is 17.0. The van der Waals surface area contributed by atoms with E-state index in [9.17, 15) is 24.9 Å². The van der Waals surface area contributed by atoms with Crippen LogP contribution < -0.4 is 0 Å². The van der Waals surface area contributed by atoms with E-state index in [1.54, 1.807) is 13.0 Å². The van der Waals surface area contributed by atoms with Crippen LogP contribution >= 0.6 is 0 Å². The fourth-order valence-corrected chi connectivity index (χ4v) is 9.31. The molecule has 0 bridgehead atoms. The zero-order chi connectivity index (χ0) is 27.8. The smallest absolute Gasteiger partial charge is 0.333 e. The normalized spacial score (nSPS) is 43.0. The van der Waals surface area contributed by atoms with Gasteiger partial charge in [-0.15, -0.1) is 0 Å². The van der Waals surface area contributed by atoms with E-state index in [2.05, 4.69) is 41.5 Å². The van der Waals surface area contributed by atoms with Crippen molar-refractivity contribution in [2.75, 3.05) is 7.11 Å². The van der Waals surface area contributed by atoms with Gasteiger partial charge in [-0.05, 0) is 86.2 Å². The third-order valence-corrected chi connectivity index (χ3v) is 12.1. The summed E-state index contributed by atoms with van der Waals surface area (Å²) in [5.74, 6) is -0.123. The summed E-state index contributed by atoms with van der Waals surface area (Å²) in [7, 11) is 1.32. The largest absolute Gasteiger partial charge is 0.466 e. The summed E-state index contributed by atoms with van der Waals surface area (Å²) in [4.78, 5) is 25.6. The molecule has 0 saturated heterocycles. The third-order valence-electron chi connectivity index (χ3n) is 12.1. The minimum Gasteiger partial charge on any atom is -0.466 e. The number of allylic oxidation sites excluding steroid dienone is 1. The van der Waals surface area contributed by atoms with Gasteiger partial charge in [-0.2, -0.15) is 0 Å². The van der Waals surface area contributed by atoms with Gasteiger partial charge in [-0.3, -0.25) is 4.79 Å². The molecule has 0 radical (unpaired) electrons. The highest BCUT2D eigenvalue weighted by atomic mass is 16.5. The monoisotopic (exact) mass is 516 g/mol. The number of carbonyl (C=O) groups is 2. The number of ether oxygens (including phenoxy) is 1. The van der Waals surface area contributed by atoms with E-state index in [1.807, 2.05) is 0 Å². The van der Waals surface area contributed by atoms with E-state index in [1.165, 1.54) is 7.11 Å². The zero-order valence-corrected chi connectivity index (χ0v) is 24.1. The molecule has 0 aromatic rings. The molecule has 37 heavy (non-hydrogen) atoms. The summed E-state index contributed by atoms with van der Waals surface area (Å²) < 4.78 is 4.76. The van der Waals surface area contributed by atoms with Crippen LogP contribution in [0.5, 0.6) is 0 Å². The molecular formula is C31H48O6. The first kappa shape index (κ1) is 28.5. The van der Waals surface area contributed by atoms with Crippen molar-refractivity contribution in [2.24, 2.45) is 33.5 Å². The van der Waals surface area contributed by atoms with Crippen molar-refractivity contribution in [3.05, 3.63) is 22.8 Å². The standard InChI is InChI=1S/C31H48O6/c1-18(26(35)37-8)15-20(32)16-19(2)30(7)17-22(33)25-21-9-10-23-27(3,4)24(34)11-12-28(23,5)31(21,36)14-13-29(25,30)6/h15,19-20,23-24,32,34,36H,9-14,16-17H2,1-8H3. The van der Waals surface area contributed by atoms with Crippen molar-refractivity contribution in [3.63, 3.8) is 0 Å². The van der Waals surface area contributed by atoms with Gasteiger partial charge in [0.05, 0.1) is 24.9 Å². The Morgan fingerprint density at radius 3 is 2.41 bits per heavy atom. The van der Waals surface area contributed by atoms with Gasteiger partial charge in [0.2, 0.25) is 0 Å². The number of rotatable bonds is 5. The van der Waals surface area contributed by atoms with Gasteiger partial charge < -0.3 is 20.1 Å². The zero-order valence-electron chi connectivity index (χ0n) is 24.1. The molecule has 0 amide bonds. The first-order valence-electron chi connectivity index (χ1n) is 14.1. The van der Waals surface area contributed by atoms with Crippen LogP contribution in [0, 0.1) is 33.5 Å². The molecule has 0 heterocycles. The lowest BCUT2D eigenvalue weighted by Gasteiger charge is -2.65. The molecule has 0 aromatic carbocycles. The summed E-state index contributed by atoms with van der Waals surface area (Å²) >= 11 is 0. The van der Waals surface area contributed by atoms with Crippen LogP contribution in [0.4, 0.5) is 0 Å². The van der Waals surface area contributed by atoms with Crippen LogP contribution in [0.3, 0.4) is 0 Å². The summed E-state index contributed by atoms with van der Waals surface area (Å²) in [6.45, 7) is 14.6. The van der Waals surface area contributed by atoms with Crippen LogP contribution in [0.2, 0.25) is 0 Å². The molecule has 6 heteroatoms. The Morgan fingerprint density at radius 2 is 1.78 bits per heavy atom. The van der Waals surface area contributed by atoms with Crippen molar-refractivity contribution in [1.29, 1.82) is 0 Å². The fourth-order valence-electron chi connectivity index (χ4n) is 9.31. The Balaban J connectivity index is 1.70. The number of hydrogen-bond donors (Lipinski definition) is 3. The number of hydrogen-bond acceptors (Lipinski definition) is 6. The molecule has 208 valence electrons. The number of aliphatic hydroxyl groups excluding tert-OH is 2. The highest BCUT2D eigenvalue weighted by molar-refractivity contribution is 6.01. The maximum atomic E-state index is 13.8. The molecule has 0 aromatic heterocycles. The second-order valence-electron chi connectivity index (χ2n) is 14.0. The summed E-state index contributed by atoms with van der Waals surface area (Å²) in [5.41, 5.74) is -0.294. The molecule has 8 atom stereocenters. The van der Waals surface area contributed by atoms with Gasteiger partial charge in [-0.1, -0.05) is 41.5 Å². The van der Waals surface area contributed by atoms with Gasteiger partial charge >= 0.3 is 5.97 Å². The molecule has 3 fully saturated rings. The summed E-state index contributed by atoms with van der Waals surface area (Å²) in [6.07, 6.45) is 5.51. The van der Waals surface area contributed by atoms with Crippen LogP contribution in [-0.2, 0) is 14.3 Å². The predicted molar refractivity (Wildman–Crippen MR) is 142 cm³/mol. The van der Waals surface area contributed by atoms with E-state index >= 15 is 0 Å². The van der Waals surface area contributed by atoms with E-state index in [-0.39, 0.29) is 40.0 Å². The average molecular weight is 517 g/mol. The third kappa shape index (κ3) is 3.83. The molecular weight excluding hydrogens is 468 g/mol. The lowest BCUT2D eigenvalue weighted by molar-refractivity contribution is -0.196. The van der Waals surface area contributed by atoms with Crippen LogP contribution in [0.1, 0.15) is 99.8 Å². The fraction of sp³-hybridized carbons (Fsp3) is 0.806. The van der Waals surface area contributed by atoms with Crippen LogP contribution in [-0.4, -0.2) is 52.0 Å². The predicted octanol–water partition coefficient (Wildman–Crippen LogP) is 4.90. The van der Waals surface area contributed by atoms with Crippen molar-refractivity contribution < 1.29 is 29.6 Å². The lowest BCUT2D eigenvalue weighted by Crippen LogP contribution is -2.64. The molecule has 0 aliphatic heterocycles. The van der Waals surface area contributed by atoms with Gasteiger partial charge in [0.15, 0.2) is 5.78 Å². The van der Waals surface area contributed by atoms with E-state index < -0.39 is 23.1 Å². The molecule has 4 aliphatic rings. The topological polar surface area (TPSA) is 104 Å². The van der Waals surface area contributed by atoms with Crippen molar-refractivity contribution >= 4 is 11.8 Å². The van der Waals surface area contributed by atoms with Crippen molar-refractivity contribution in [3.8, 4) is 0 Å². The van der Waals surface area contributed by atoms with Crippen LogP contribution in [0.15, 0.2) is 22.8 Å². The highest BCUT2D eigenvalue weighted by Gasteiger charge is 2.69. The number of ketones is 1. The minimum atomic E-state index is -1.04. The SMILES string of the molecule is COC(=O)C(C)=CC(O)CC(C)C1(C)CC(=O)C2=C3CCC4C(C)(C)C(O)CCC4(C)C3(O)CCC21C. The summed E-state index contributed by atoms with van der Waals surface area (Å²) in [5, 5.41) is 34.1. The van der Waals surface area contributed by atoms with Crippen molar-refractivity contribution in [2.45, 2.75) is 118 Å². The van der Waals surface area contributed by atoms with Gasteiger partial charge in [0, 0.05) is 28.4 Å². The number of carbonyl (C=O) groups excluding carboxylic acids is 2. The quantitative estimate of drug-likeness (QED) is 0.355. The minimum absolute atomic E-state index is 0.0122. The number of fused-ring (bicyclic) bond motifs is 4. The number of esters is 1. The Morgan fingerprint density at radius 1 is 1.14 bits per heavy atom.